The minimum absolute atomic E-state index is 0.00305. The number of benzene rings is 2. The molecule has 0 bridgehead atoms. The van der Waals surface area contributed by atoms with Crippen molar-refractivity contribution in [1.82, 2.24) is 25.3 Å². The third-order valence-corrected chi connectivity index (χ3v) is 8.89. The molecule has 0 aliphatic heterocycles. The average Bonchev–Trinajstić information content (AvgIpc) is 3.73. The van der Waals surface area contributed by atoms with Gasteiger partial charge in [0.2, 0.25) is 5.91 Å². The first-order valence-corrected chi connectivity index (χ1v) is 16.7. The number of rotatable bonds is 19. The maximum Gasteiger partial charge on any atom is 0.333 e. The quantitative estimate of drug-likeness (QED) is 0.133. The summed E-state index contributed by atoms with van der Waals surface area (Å²) in [6, 6.07) is 14.1. The molecule has 1 saturated carbocycles. The molecule has 232 valence electrons. The lowest BCUT2D eigenvalue weighted by molar-refractivity contribution is -0.165. The van der Waals surface area contributed by atoms with E-state index in [0.717, 1.165) is 42.0 Å². The number of aliphatic carboxylic acids is 1. The molecule has 2 unspecified atom stereocenters. The van der Waals surface area contributed by atoms with Crippen LogP contribution in [0.15, 0.2) is 55.0 Å². The van der Waals surface area contributed by atoms with Crippen LogP contribution in [0.2, 0.25) is 0 Å². The van der Waals surface area contributed by atoms with E-state index in [9.17, 15) is 19.5 Å². The van der Waals surface area contributed by atoms with Crippen molar-refractivity contribution in [2.75, 3.05) is 25.1 Å². The molecule has 1 amide bonds. The number of fused-ring (bicyclic) bond motifs is 1. The Hall–Kier alpha value is -3.21. The minimum Gasteiger partial charge on any atom is -0.479 e. The number of amides is 1. The van der Waals surface area contributed by atoms with Gasteiger partial charge in [0.05, 0.1) is 19.3 Å². The number of hydrogen-bond donors (Lipinski definition) is 3. The lowest BCUT2D eigenvalue weighted by atomic mass is 9.87. The molecule has 0 radical (unpaired) electrons. The first-order valence-electron chi connectivity index (χ1n) is 15.3. The van der Waals surface area contributed by atoms with Gasteiger partial charge in [-0.2, -0.15) is 16.8 Å². The summed E-state index contributed by atoms with van der Waals surface area (Å²) in [5, 5.41) is 17.6. The average molecular weight is 608 g/mol. The fraction of sp³-hybridized carbons (Fsp3) is 0.515. The summed E-state index contributed by atoms with van der Waals surface area (Å²) in [4.78, 5) is 44.8. The Morgan fingerprint density at radius 3 is 2.65 bits per heavy atom. The number of Topliss-reactive ketones (excluding diaryl/α,β-unsaturated/α-hetero) is 1. The Kier molecular flexibility index (Phi) is 11.8. The summed E-state index contributed by atoms with van der Waals surface area (Å²) in [5.41, 5.74) is 2.82. The number of nitrogens with one attached hydrogen (secondary N) is 2. The third kappa shape index (κ3) is 8.46. The van der Waals surface area contributed by atoms with Crippen molar-refractivity contribution in [2.24, 2.45) is 5.92 Å². The maximum absolute atomic E-state index is 13.8. The van der Waals surface area contributed by atoms with Crippen LogP contribution < -0.4 is 10.7 Å². The molecule has 1 heterocycles. The number of carbonyl (C=O) groups excluding carboxylic acids is 2. The van der Waals surface area contributed by atoms with Gasteiger partial charge in [0.1, 0.15) is 0 Å². The van der Waals surface area contributed by atoms with Crippen LogP contribution in [-0.4, -0.2) is 74.0 Å². The van der Waals surface area contributed by atoms with Gasteiger partial charge in [-0.3, -0.25) is 15.0 Å². The molecule has 10 heteroatoms. The van der Waals surface area contributed by atoms with Gasteiger partial charge in [0.15, 0.2) is 11.3 Å². The van der Waals surface area contributed by atoms with E-state index in [1.54, 1.807) is 12.5 Å². The van der Waals surface area contributed by atoms with Gasteiger partial charge < -0.3 is 15.0 Å². The molecule has 1 aromatic heterocycles. The summed E-state index contributed by atoms with van der Waals surface area (Å²) < 4.78 is 1.93. The zero-order valence-electron chi connectivity index (χ0n) is 25.6. The van der Waals surface area contributed by atoms with Gasteiger partial charge in [-0.15, -0.1) is 0 Å². The summed E-state index contributed by atoms with van der Waals surface area (Å²) in [7, 11) is 0. The predicted molar refractivity (Wildman–Crippen MR) is 172 cm³/mol. The monoisotopic (exact) mass is 607 g/mol. The molecule has 1 aliphatic rings. The van der Waals surface area contributed by atoms with E-state index < -0.39 is 17.3 Å². The summed E-state index contributed by atoms with van der Waals surface area (Å²) in [6.45, 7) is 5.15. The summed E-state index contributed by atoms with van der Waals surface area (Å²) in [6.07, 6.45) is 10.0. The topological polar surface area (TPSA) is 117 Å². The second-order valence-electron chi connectivity index (χ2n) is 11.7. The van der Waals surface area contributed by atoms with Crippen LogP contribution in [0.5, 0.6) is 0 Å². The van der Waals surface area contributed by atoms with Crippen molar-refractivity contribution in [3.05, 3.63) is 66.2 Å². The molecule has 4 rings (SSSR count). The number of aromatic nitrogens is 2. The van der Waals surface area contributed by atoms with Crippen LogP contribution in [0.1, 0.15) is 63.6 Å². The number of unbranched alkanes of at least 4 members (excludes halogenated alkanes) is 1. The lowest BCUT2D eigenvalue weighted by Crippen LogP contribution is -2.69. The van der Waals surface area contributed by atoms with Crippen LogP contribution in [0.25, 0.3) is 10.8 Å². The Morgan fingerprint density at radius 2 is 1.95 bits per heavy atom. The Labute approximate surface area is 258 Å². The van der Waals surface area contributed by atoms with E-state index in [1.807, 2.05) is 29.9 Å². The second kappa shape index (κ2) is 15.5. The standard InChI is InChI=1S/C33H45N5O4S/c1-4-5-8-24(2)38(33(32(41)42,15-16-43-3)30(39)21-34-19-25-11-12-25)36-31(40)18-29-20-35-23-37(29)22-26-13-14-27-9-6-7-10-28(27)17-26/h6-7,9-10,13-14,17,20,23-25,34H,4-5,8,11-12,15-16,18-19,21-22H2,1-3H3,(H,36,40)(H,41,42). The van der Waals surface area contributed by atoms with E-state index in [2.05, 4.69) is 53.0 Å². The highest BCUT2D eigenvalue weighted by atomic mass is 32.2. The molecular formula is C33H45N5O4S. The highest BCUT2D eigenvalue weighted by Crippen LogP contribution is 2.29. The molecule has 0 saturated heterocycles. The third-order valence-electron chi connectivity index (χ3n) is 8.28. The van der Waals surface area contributed by atoms with Crippen molar-refractivity contribution in [3.8, 4) is 0 Å². The van der Waals surface area contributed by atoms with E-state index in [1.165, 1.54) is 16.8 Å². The SMILES string of the molecule is CCCCC(C)N(NC(=O)Cc1cncn1Cc1ccc2ccccc2c1)C(CCSC)(C(=O)O)C(=O)CNCC1CC1. The van der Waals surface area contributed by atoms with Crippen LogP contribution in [-0.2, 0) is 27.3 Å². The highest BCUT2D eigenvalue weighted by Gasteiger charge is 2.52. The van der Waals surface area contributed by atoms with Crippen molar-refractivity contribution in [1.29, 1.82) is 0 Å². The summed E-state index contributed by atoms with van der Waals surface area (Å²) >= 11 is 1.49. The van der Waals surface area contributed by atoms with Gasteiger partial charge in [-0.25, -0.2) is 9.78 Å². The summed E-state index contributed by atoms with van der Waals surface area (Å²) in [5.74, 6) is -1.02. The molecular weight excluding hydrogens is 562 g/mol. The van der Waals surface area contributed by atoms with Gasteiger partial charge in [-0.05, 0) is 79.5 Å². The molecule has 3 aromatic rings. The number of carbonyl (C=O) groups is 3. The number of nitrogens with zero attached hydrogens (tertiary/aromatic N) is 3. The largest absolute Gasteiger partial charge is 0.479 e. The molecule has 3 N–H and O–H groups in total. The predicted octanol–water partition coefficient (Wildman–Crippen LogP) is 4.68. The van der Waals surface area contributed by atoms with Crippen LogP contribution in [0.4, 0.5) is 0 Å². The van der Waals surface area contributed by atoms with E-state index in [-0.39, 0.29) is 31.3 Å². The van der Waals surface area contributed by atoms with E-state index >= 15 is 0 Å². The van der Waals surface area contributed by atoms with Crippen molar-refractivity contribution in [2.45, 2.75) is 76.9 Å². The number of ketones is 1. The van der Waals surface area contributed by atoms with Crippen molar-refractivity contribution < 1.29 is 19.5 Å². The fourth-order valence-corrected chi connectivity index (χ4v) is 6.05. The molecule has 1 aliphatic carbocycles. The second-order valence-corrected chi connectivity index (χ2v) is 12.7. The fourth-order valence-electron chi connectivity index (χ4n) is 5.55. The van der Waals surface area contributed by atoms with Gasteiger partial charge in [0, 0.05) is 24.5 Å². The number of imidazole rings is 1. The highest BCUT2D eigenvalue weighted by molar-refractivity contribution is 7.98. The number of thioether (sulfide) groups is 1. The number of carboxylic acids is 1. The first kappa shape index (κ1) is 32.7. The maximum atomic E-state index is 13.8. The zero-order valence-corrected chi connectivity index (χ0v) is 26.4. The molecule has 0 spiro atoms. The van der Waals surface area contributed by atoms with Crippen LogP contribution >= 0.6 is 11.8 Å². The lowest BCUT2D eigenvalue weighted by Gasteiger charge is -2.43. The van der Waals surface area contributed by atoms with E-state index in [4.69, 9.17) is 0 Å². The Bertz CT molecular complexity index is 1390. The zero-order chi connectivity index (χ0) is 30.8. The molecule has 1 fully saturated rings. The molecule has 2 atom stereocenters. The Morgan fingerprint density at radius 1 is 1.19 bits per heavy atom. The minimum atomic E-state index is -1.88. The first-order chi connectivity index (χ1) is 20.8. The van der Waals surface area contributed by atoms with E-state index in [0.29, 0.717) is 36.9 Å². The molecule has 9 nitrogen and oxygen atoms in total. The van der Waals surface area contributed by atoms with Gasteiger partial charge >= 0.3 is 5.97 Å². The van der Waals surface area contributed by atoms with Gasteiger partial charge in [-0.1, -0.05) is 56.2 Å². The van der Waals surface area contributed by atoms with Crippen LogP contribution in [0, 0.1) is 5.92 Å². The number of carboxylic acid groups (broad SMARTS) is 1. The molecule has 2 aromatic carbocycles. The molecule has 43 heavy (non-hydrogen) atoms. The number of hydrazine groups is 1. The normalized spacial score (nSPS) is 15.3. The van der Waals surface area contributed by atoms with Crippen molar-refractivity contribution >= 4 is 40.2 Å². The smallest absolute Gasteiger partial charge is 0.333 e. The van der Waals surface area contributed by atoms with Crippen LogP contribution in [0.3, 0.4) is 0 Å². The van der Waals surface area contributed by atoms with Gasteiger partial charge in [0.25, 0.3) is 0 Å². The van der Waals surface area contributed by atoms with Crippen molar-refractivity contribution in [3.63, 3.8) is 0 Å². The number of hydrogen-bond acceptors (Lipinski definition) is 7. The Balaban J connectivity index is 1.55.